The third-order valence-electron chi connectivity index (χ3n) is 3.18. The number of allylic oxidation sites excluding steroid dienone is 1. The van der Waals surface area contributed by atoms with Crippen molar-refractivity contribution in [2.75, 3.05) is 7.05 Å². The molecule has 0 aromatic carbocycles. The number of nitrogens with one attached hydrogen (secondary N) is 1. The summed E-state index contributed by atoms with van der Waals surface area (Å²) < 4.78 is 0. The third-order valence-corrected chi connectivity index (χ3v) is 3.18. The van der Waals surface area contributed by atoms with E-state index in [1.165, 1.54) is 38.5 Å². The Morgan fingerprint density at radius 3 is 3.00 bits per heavy atom. The standard InChI is InChI=1S/C14H23N/c1-3-4-6-11-14(15-2)12-13-9-7-5-8-10-13/h1,9,14-15H,4-8,10-12H2,2H3. The van der Waals surface area contributed by atoms with Gasteiger partial charge in [0.25, 0.3) is 0 Å². The maximum Gasteiger partial charge on any atom is 0.0102 e. The molecule has 0 amide bonds. The smallest absolute Gasteiger partial charge is 0.0102 e. The van der Waals surface area contributed by atoms with Gasteiger partial charge in [-0.15, -0.1) is 12.3 Å². The van der Waals surface area contributed by atoms with Gasteiger partial charge >= 0.3 is 0 Å². The van der Waals surface area contributed by atoms with Gasteiger partial charge in [-0.05, 0) is 52.0 Å². The topological polar surface area (TPSA) is 12.0 Å². The highest BCUT2D eigenvalue weighted by Crippen LogP contribution is 2.22. The maximum atomic E-state index is 5.26. The van der Waals surface area contributed by atoms with Gasteiger partial charge in [0.2, 0.25) is 0 Å². The summed E-state index contributed by atoms with van der Waals surface area (Å²) in [5.41, 5.74) is 1.65. The van der Waals surface area contributed by atoms with Crippen LogP contribution in [0.15, 0.2) is 11.6 Å². The van der Waals surface area contributed by atoms with Crippen LogP contribution in [0.4, 0.5) is 0 Å². The first-order valence-electron chi connectivity index (χ1n) is 6.15. The van der Waals surface area contributed by atoms with Crippen LogP contribution in [0, 0.1) is 12.3 Å². The van der Waals surface area contributed by atoms with Crippen molar-refractivity contribution in [2.45, 2.75) is 57.4 Å². The zero-order valence-corrected chi connectivity index (χ0v) is 9.89. The average molecular weight is 205 g/mol. The number of terminal acetylenes is 1. The van der Waals surface area contributed by atoms with Crippen LogP contribution < -0.4 is 5.32 Å². The second kappa shape index (κ2) is 7.54. The van der Waals surface area contributed by atoms with Crippen molar-refractivity contribution >= 4 is 0 Å². The van der Waals surface area contributed by atoms with E-state index < -0.39 is 0 Å². The van der Waals surface area contributed by atoms with E-state index in [9.17, 15) is 0 Å². The van der Waals surface area contributed by atoms with Gasteiger partial charge in [0.05, 0.1) is 0 Å². The molecule has 0 saturated carbocycles. The molecule has 0 aromatic heterocycles. The van der Waals surface area contributed by atoms with E-state index in [1.54, 1.807) is 5.57 Å². The van der Waals surface area contributed by atoms with Gasteiger partial charge in [0.15, 0.2) is 0 Å². The SMILES string of the molecule is C#CCCCC(CC1=CCCCC1)NC. The van der Waals surface area contributed by atoms with Crippen molar-refractivity contribution < 1.29 is 0 Å². The molecule has 1 aliphatic carbocycles. The molecule has 1 N–H and O–H groups in total. The quantitative estimate of drug-likeness (QED) is 0.399. The molecule has 0 aromatic rings. The molecule has 0 bridgehead atoms. The summed E-state index contributed by atoms with van der Waals surface area (Å²) in [6.45, 7) is 0. The molecule has 0 heterocycles. The molecule has 1 atom stereocenters. The predicted molar refractivity (Wildman–Crippen MR) is 66.7 cm³/mol. The van der Waals surface area contributed by atoms with Gasteiger partial charge in [-0.3, -0.25) is 0 Å². The largest absolute Gasteiger partial charge is 0.317 e. The lowest BCUT2D eigenvalue weighted by molar-refractivity contribution is 0.491. The van der Waals surface area contributed by atoms with Gasteiger partial charge < -0.3 is 5.32 Å². The zero-order chi connectivity index (χ0) is 10.9. The fourth-order valence-electron chi connectivity index (χ4n) is 2.21. The molecule has 0 aliphatic heterocycles. The van der Waals surface area contributed by atoms with Crippen LogP contribution in [0.1, 0.15) is 51.4 Å². The summed E-state index contributed by atoms with van der Waals surface area (Å²) in [6.07, 6.45) is 17.6. The Balaban J connectivity index is 2.26. The Morgan fingerprint density at radius 2 is 2.40 bits per heavy atom. The van der Waals surface area contributed by atoms with E-state index in [4.69, 9.17) is 6.42 Å². The summed E-state index contributed by atoms with van der Waals surface area (Å²) in [7, 11) is 2.06. The lowest BCUT2D eigenvalue weighted by Crippen LogP contribution is -2.25. The molecular weight excluding hydrogens is 182 g/mol. The molecule has 0 radical (unpaired) electrons. The van der Waals surface area contributed by atoms with Crippen molar-refractivity contribution in [1.82, 2.24) is 5.32 Å². The normalized spacial score (nSPS) is 18.0. The summed E-state index contributed by atoms with van der Waals surface area (Å²) in [5, 5.41) is 3.40. The van der Waals surface area contributed by atoms with Crippen molar-refractivity contribution in [2.24, 2.45) is 0 Å². The van der Waals surface area contributed by atoms with Gasteiger partial charge in [0.1, 0.15) is 0 Å². The van der Waals surface area contributed by atoms with Crippen LogP contribution in [0.3, 0.4) is 0 Å². The Hall–Kier alpha value is -0.740. The maximum absolute atomic E-state index is 5.26. The Morgan fingerprint density at radius 1 is 1.53 bits per heavy atom. The van der Waals surface area contributed by atoms with Crippen LogP contribution in [-0.4, -0.2) is 13.1 Å². The van der Waals surface area contributed by atoms with E-state index >= 15 is 0 Å². The molecule has 1 unspecified atom stereocenters. The Kier molecular flexibility index (Phi) is 6.20. The van der Waals surface area contributed by atoms with Gasteiger partial charge in [-0.25, -0.2) is 0 Å². The van der Waals surface area contributed by atoms with E-state index in [1.807, 2.05) is 0 Å². The highest BCUT2D eigenvalue weighted by atomic mass is 14.9. The molecule has 0 fully saturated rings. The molecule has 84 valence electrons. The van der Waals surface area contributed by atoms with Crippen molar-refractivity contribution in [3.05, 3.63) is 11.6 Å². The van der Waals surface area contributed by atoms with Crippen LogP contribution in [-0.2, 0) is 0 Å². The van der Waals surface area contributed by atoms with Crippen molar-refractivity contribution in [3.63, 3.8) is 0 Å². The average Bonchev–Trinajstić information content (AvgIpc) is 2.29. The van der Waals surface area contributed by atoms with Crippen LogP contribution in [0.2, 0.25) is 0 Å². The van der Waals surface area contributed by atoms with Crippen molar-refractivity contribution in [1.29, 1.82) is 0 Å². The first kappa shape index (κ1) is 12.3. The minimum Gasteiger partial charge on any atom is -0.317 e. The lowest BCUT2D eigenvalue weighted by atomic mass is 9.92. The van der Waals surface area contributed by atoms with E-state index in [0.717, 1.165) is 12.8 Å². The van der Waals surface area contributed by atoms with Gasteiger partial charge in [-0.1, -0.05) is 11.6 Å². The van der Waals surface area contributed by atoms with Gasteiger partial charge in [0, 0.05) is 12.5 Å². The third kappa shape index (κ3) is 5.04. The molecule has 15 heavy (non-hydrogen) atoms. The Labute approximate surface area is 94.3 Å². The lowest BCUT2D eigenvalue weighted by Gasteiger charge is -2.20. The predicted octanol–water partition coefficient (Wildman–Crippen LogP) is 3.27. The minimum absolute atomic E-state index is 0.627. The highest BCUT2D eigenvalue weighted by Gasteiger charge is 2.10. The zero-order valence-electron chi connectivity index (χ0n) is 9.89. The number of hydrogen-bond acceptors (Lipinski definition) is 1. The highest BCUT2D eigenvalue weighted by molar-refractivity contribution is 5.07. The number of rotatable bonds is 6. The molecular formula is C14H23N. The fourth-order valence-corrected chi connectivity index (χ4v) is 2.21. The monoisotopic (exact) mass is 205 g/mol. The summed E-state index contributed by atoms with van der Waals surface area (Å²) in [5.74, 6) is 2.71. The van der Waals surface area contributed by atoms with Crippen molar-refractivity contribution in [3.8, 4) is 12.3 Å². The van der Waals surface area contributed by atoms with Crippen LogP contribution >= 0.6 is 0 Å². The first-order valence-corrected chi connectivity index (χ1v) is 6.15. The summed E-state index contributed by atoms with van der Waals surface area (Å²) in [4.78, 5) is 0. The molecule has 1 rings (SSSR count). The fraction of sp³-hybridized carbons (Fsp3) is 0.714. The van der Waals surface area contributed by atoms with Crippen LogP contribution in [0.5, 0.6) is 0 Å². The van der Waals surface area contributed by atoms with E-state index in [2.05, 4.69) is 24.4 Å². The first-order chi connectivity index (χ1) is 7.36. The van der Waals surface area contributed by atoms with E-state index in [0.29, 0.717) is 6.04 Å². The second-order valence-corrected chi connectivity index (χ2v) is 4.39. The summed E-state index contributed by atoms with van der Waals surface area (Å²) >= 11 is 0. The molecule has 1 nitrogen and oxygen atoms in total. The molecule has 1 heteroatoms. The second-order valence-electron chi connectivity index (χ2n) is 4.39. The Bertz CT molecular complexity index is 234. The van der Waals surface area contributed by atoms with Gasteiger partial charge in [-0.2, -0.15) is 0 Å². The minimum atomic E-state index is 0.627. The van der Waals surface area contributed by atoms with Crippen LogP contribution in [0.25, 0.3) is 0 Å². The number of hydrogen-bond donors (Lipinski definition) is 1. The summed E-state index contributed by atoms with van der Waals surface area (Å²) in [6, 6.07) is 0.627. The van der Waals surface area contributed by atoms with E-state index in [-0.39, 0.29) is 0 Å². The number of unbranched alkanes of at least 4 members (excludes halogenated alkanes) is 1. The molecule has 0 spiro atoms. The molecule has 0 saturated heterocycles. The molecule has 1 aliphatic rings.